The Bertz CT molecular complexity index is 536. The van der Waals surface area contributed by atoms with Crippen LogP contribution >= 0.6 is 0 Å². The maximum atomic E-state index is 11.8. The summed E-state index contributed by atoms with van der Waals surface area (Å²) in [6, 6.07) is 6.57. The third-order valence-corrected chi connectivity index (χ3v) is 4.53. The quantitative estimate of drug-likeness (QED) is 0.805. The topological polar surface area (TPSA) is 75.3 Å². The van der Waals surface area contributed by atoms with Crippen molar-refractivity contribution >= 4 is 21.4 Å². The lowest BCUT2D eigenvalue weighted by Gasteiger charge is -2.10. The molecule has 0 aliphatic heterocycles. The number of hydrogen-bond acceptors (Lipinski definition) is 4. The molecule has 20 heavy (non-hydrogen) atoms. The smallest absolute Gasteiger partial charge is 0.239 e. The first-order valence-electron chi connectivity index (χ1n) is 6.71. The van der Waals surface area contributed by atoms with Gasteiger partial charge in [-0.25, -0.2) is 8.42 Å². The molecule has 0 spiro atoms. The largest absolute Gasteiger partial charge is 0.376 e. The Morgan fingerprint density at radius 2 is 1.80 bits per heavy atom. The Balaban J connectivity index is 2.61. The van der Waals surface area contributed by atoms with E-state index in [2.05, 4.69) is 10.6 Å². The Morgan fingerprint density at radius 3 is 2.30 bits per heavy atom. The molecule has 0 aliphatic carbocycles. The molecule has 0 fully saturated rings. The fourth-order valence-electron chi connectivity index (χ4n) is 1.72. The average Bonchev–Trinajstić information content (AvgIpc) is 2.36. The number of nitrogens with one attached hydrogen (secondary N) is 2. The minimum absolute atomic E-state index is 0.0947. The van der Waals surface area contributed by atoms with Crippen LogP contribution in [0.25, 0.3) is 0 Å². The van der Waals surface area contributed by atoms with Crippen molar-refractivity contribution < 1.29 is 13.2 Å². The Labute approximate surface area is 120 Å². The molecule has 2 N–H and O–H groups in total. The van der Waals surface area contributed by atoms with Crippen LogP contribution in [0.1, 0.15) is 27.2 Å². The monoisotopic (exact) mass is 298 g/mol. The third kappa shape index (κ3) is 5.21. The van der Waals surface area contributed by atoms with Crippen LogP contribution in [0.2, 0.25) is 0 Å². The number of amides is 1. The first-order chi connectivity index (χ1) is 9.35. The predicted molar refractivity (Wildman–Crippen MR) is 80.6 cm³/mol. The zero-order valence-electron chi connectivity index (χ0n) is 12.1. The van der Waals surface area contributed by atoms with Crippen molar-refractivity contribution in [2.24, 2.45) is 0 Å². The normalized spacial score (nSPS) is 11.4. The number of anilines is 1. The summed E-state index contributed by atoms with van der Waals surface area (Å²) in [5.41, 5.74) is 0.722. The van der Waals surface area contributed by atoms with E-state index >= 15 is 0 Å². The molecule has 0 bridgehead atoms. The predicted octanol–water partition coefficient (Wildman–Crippen LogP) is 1.81. The number of hydrogen-bond donors (Lipinski definition) is 2. The second kappa shape index (κ2) is 7.28. The molecule has 0 saturated heterocycles. The average molecular weight is 298 g/mol. The molecule has 0 saturated carbocycles. The highest BCUT2D eigenvalue weighted by Crippen LogP contribution is 2.15. The fraction of sp³-hybridized carbons (Fsp3) is 0.500. The number of carbonyl (C=O) groups is 1. The zero-order valence-corrected chi connectivity index (χ0v) is 13.0. The van der Waals surface area contributed by atoms with Gasteiger partial charge < -0.3 is 10.6 Å². The summed E-state index contributed by atoms with van der Waals surface area (Å²) in [6.07, 6.45) is 0.595. The lowest BCUT2D eigenvalue weighted by atomic mass is 10.3. The Morgan fingerprint density at radius 1 is 1.20 bits per heavy atom. The van der Waals surface area contributed by atoms with Gasteiger partial charge in [0.2, 0.25) is 5.91 Å². The first kappa shape index (κ1) is 16.5. The van der Waals surface area contributed by atoms with Crippen molar-refractivity contribution in [3.05, 3.63) is 24.3 Å². The Hall–Kier alpha value is -1.56. The molecule has 1 amide bonds. The summed E-state index contributed by atoms with van der Waals surface area (Å²) >= 11 is 0. The molecular weight excluding hydrogens is 276 g/mol. The van der Waals surface area contributed by atoms with Crippen LogP contribution in [0.5, 0.6) is 0 Å². The highest BCUT2D eigenvalue weighted by atomic mass is 32.2. The molecule has 0 heterocycles. The zero-order chi connectivity index (χ0) is 15.2. The van der Waals surface area contributed by atoms with Crippen LogP contribution in [0.15, 0.2) is 29.2 Å². The molecule has 1 aromatic carbocycles. The molecule has 1 rings (SSSR count). The molecule has 112 valence electrons. The van der Waals surface area contributed by atoms with Gasteiger partial charge in [-0.15, -0.1) is 0 Å². The molecule has 0 aliphatic rings. The number of benzene rings is 1. The van der Waals surface area contributed by atoms with Crippen molar-refractivity contribution in [1.82, 2.24) is 5.32 Å². The van der Waals surface area contributed by atoms with E-state index in [1.54, 1.807) is 24.3 Å². The summed E-state index contributed by atoms with van der Waals surface area (Å²) in [4.78, 5) is 11.8. The lowest BCUT2D eigenvalue weighted by Crippen LogP contribution is -2.34. The van der Waals surface area contributed by atoms with Gasteiger partial charge >= 0.3 is 0 Å². The minimum Gasteiger partial charge on any atom is -0.376 e. The van der Waals surface area contributed by atoms with Gasteiger partial charge in [0.05, 0.1) is 17.2 Å². The first-order valence-corrected chi connectivity index (χ1v) is 8.36. The van der Waals surface area contributed by atoms with E-state index in [4.69, 9.17) is 0 Å². The standard InChI is InChI=1S/C14H22N2O3S/c1-4-9-20(18,19)13-7-5-12(6-8-13)15-10-14(17)16-11(2)3/h5-8,11,15H,4,9-10H2,1-3H3,(H,16,17). The van der Waals surface area contributed by atoms with Crippen molar-refractivity contribution in [2.75, 3.05) is 17.6 Å². The summed E-state index contributed by atoms with van der Waals surface area (Å²) in [5.74, 6) is 0.0546. The third-order valence-electron chi connectivity index (χ3n) is 2.59. The van der Waals surface area contributed by atoms with Crippen molar-refractivity contribution in [3.63, 3.8) is 0 Å². The van der Waals surface area contributed by atoms with E-state index in [1.165, 1.54) is 0 Å². The Kier molecular flexibility index (Phi) is 6.01. The maximum Gasteiger partial charge on any atom is 0.239 e. The molecule has 6 heteroatoms. The van der Waals surface area contributed by atoms with E-state index in [-0.39, 0.29) is 24.2 Å². The van der Waals surface area contributed by atoms with Gasteiger partial charge in [-0.1, -0.05) is 6.92 Å². The minimum atomic E-state index is -3.18. The SMILES string of the molecule is CCCS(=O)(=O)c1ccc(NCC(=O)NC(C)C)cc1. The van der Waals surface area contributed by atoms with Crippen molar-refractivity contribution in [1.29, 1.82) is 0 Å². The fourth-order valence-corrected chi connectivity index (χ4v) is 3.05. The van der Waals surface area contributed by atoms with Crippen LogP contribution < -0.4 is 10.6 Å². The number of rotatable bonds is 7. The van der Waals surface area contributed by atoms with E-state index in [0.29, 0.717) is 11.3 Å². The second-order valence-electron chi connectivity index (χ2n) is 4.92. The van der Waals surface area contributed by atoms with Gasteiger partial charge in [-0.05, 0) is 44.5 Å². The van der Waals surface area contributed by atoms with Crippen LogP contribution in [0.3, 0.4) is 0 Å². The van der Waals surface area contributed by atoms with Gasteiger partial charge in [0.25, 0.3) is 0 Å². The maximum absolute atomic E-state index is 11.8. The molecule has 0 aromatic heterocycles. The highest BCUT2D eigenvalue weighted by molar-refractivity contribution is 7.91. The molecule has 0 unspecified atom stereocenters. The summed E-state index contributed by atoms with van der Waals surface area (Å²) in [5, 5.41) is 5.72. The number of carbonyl (C=O) groups excluding carboxylic acids is 1. The summed E-state index contributed by atoms with van der Waals surface area (Å²) < 4.78 is 23.7. The highest BCUT2D eigenvalue weighted by Gasteiger charge is 2.12. The van der Waals surface area contributed by atoms with E-state index in [0.717, 1.165) is 5.69 Å². The number of sulfone groups is 1. The summed E-state index contributed by atoms with van der Waals surface area (Å²) in [6.45, 7) is 5.79. The second-order valence-corrected chi connectivity index (χ2v) is 7.03. The molecule has 0 radical (unpaired) electrons. The van der Waals surface area contributed by atoms with Crippen molar-refractivity contribution in [2.45, 2.75) is 38.1 Å². The van der Waals surface area contributed by atoms with E-state index < -0.39 is 9.84 Å². The lowest BCUT2D eigenvalue weighted by molar-refractivity contribution is -0.119. The van der Waals surface area contributed by atoms with Gasteiger partial charge in [0.15, 0.2) is 9.84 Å². The van der Waals surface area contributed by atoms with Gasteiger partial charge in [-0.2, -0.15) is 0 Å². The molecule has 5 nitrogen and oxygen atoms in total. The van der Waals surface area contributed by atoms with E-state index in [1.807, 2.05) is 20.8 Å². The van der Waals surface area contributed by atoms with Crippen LogP contribution in [-0.2, 0) is 14.6 Å². The van der Waals surface area contributed by atoms with Gasteiger partial charge in [0.1, 0.15) is 0 Å². The molecule has 0 atom stereocenters. The molecular formula is C14H22N2O3S. The van der Waals surface area contributed by atoms with Crippen molar-refractivity contribution in [3.8, 4) is 0 Å². The van der Waals surface area contributed by atoms with E-state index in [9.17, 15) is 13.2 Å². The van der Waals surface area contributed by atoms with Crippen LogP contribution in [0.4, 0.5) is 5.69 Å². The summed E-state index contributed by atoms with van der Waals surface area (Å²) in [7, 11) is -3.18. The van der Waals surface area contributed by atoms with Gasteiger partial charge in [0, 0.05) is 11.7 Å². The van der Waals surface area contributed by atoms with Crippen LogP contribution in [-0.4, -0.2) is 32.7 Å². The van der Waals surface area contributed by atoms with Gasteiger partial charge in [-0.3, -0.25) is 4.79 Å². The molecule has 1 aromatic rings. The van der Waals surface area contributed by atoms with Crippen LogP contribution in [0, 0.1) is 0 Å².